The van der Waals surface area contributed by atoms with E-state index in [1.54, 1.807) is 4.57 Å². The van der Waals surface area contributed by atoms with E-state index in [1.165, 1.54) is 11.8 Å². The van der Waals surface area contributed by atoms with Crippen LogP contribution in [0.25, 0.3) is 0 Å². The molecule has 2 aromatic rings. The molecule has 0 saturated carbocycles. The molecule has 1 heterocycles. The second-order valence-electron chi connectivity index (χ2n) is 5.50. The summed E-state index contributed by atoms with van der Waals surface area (Å²) in [5.74, 6) is 0. The van der Waals surface area contributed by atoms with Crippen LogP contribution >= 0.6 is 11.8 Å². The zero-order valence-electron chi connectivity index (χ0n) is 14.0. The van der Waals surface area contributed by atoms with Crippen LogP contribution in [-0.4, -0.2) is 9.55 Å². The Morgan fingerprint density at radius 2 is 1.83 bits per heavy atom. The maximum Gasteiger partial charge on any atom is 0.329 e. The standard InChI is InChI=1S/C18H22N2O2S/c1-5-7-8-20-17(15(6-2)16(21)19-18(20)22)23-14-10-12(3)9-13(4)11-14/h5,7,9-11H,6,8H2,1-4H3,(H,19,21,22). The zero-order valence-corrected chi connectivity index (χ0v) is 14.8. The first kappa shape index (κ1) is 17.3. The third-order valence-electron chi connectivity index (χ3n) is 3.53. The molecule has 122 valence electrons. The molecule has 0 fully saturated rings. The van der Waals surface area contributed by atoms with Crippen LogP contribution in [0, 0.1) is 13.8 Å². The molecule has 4 nitrogen and oxygen atoms in total. The van der Waals surface area contributed by atoms with E-state index in [1.807, 2.05) is 39.8 Å². The Labute approximate surface area is 140 Å². The molecule has 0 unspecified atom stereocenters. The summed E-state index contributed by atoms with van der Waals surface area (Å²) in [6.45, 7) is 8.38. The third-order valence-corrected chi connectivity index (χ3v) is 4.66. The lowest BCUT2D eigenvalue weighted by atomic mass is 10.2. The van der Waals surface area contributed by atoms with Gasteiger partial charge in [-0.15, -0.1) is 0 Å². The van der Waals surface area contributed by atoms with Crippen LogP contribution in [-0.2, 0) is 13.0 Å². The van der Waals surface area contributed by atoms with Gasteiger partial charge in [0, 0.05) is 17.0 Å². The smallest absolute Gasteiger partial charge is 0.284 e. The molecule has 0 aliphatic carbocycles. The van der Waals surface area contributed by atoms with Gasteiger partial charge in [-0.1, -0.05) is 36.9 Å². The van der Waals surface area contributed by atoms with E-state index in [0.717, 1.165) is 21.0 Å². The quantitative estimate of drug-likeness (QED) is 0.675. The number of nitrogens with one attached hydrogen (secondary N) is 1. The first-order chi connectivity index (χ1) is 11.0. The molecule has 0 spiro atoms. The Morgan fingerprint density at radius 1 is 1.17 bits per heavy atom. The van der Waals surface area contributed by atoms with Crippen molar-refractivity contribution in [2.75, 3.05) is 0 Å². The molecule has 0 radical (unpaired) electrons. The van der Waals surface area contributed by atoms with Crippen LogP contribution in [0.2, 0.25) is 0 Å². The third kappa shape index (κ3) is 4.05. The van der Waals surface area contributed by atoms with E-state index in [0.29, 0.717) is 18.5 Å². The van der Waals surface area contributed by atoms with Crippen molar-refractivity contribution in [1.82, 2.24) is 9.55 Å². The second-order valence-corrected chi connectivity index (χ2v) is 6.56. The first-order valence-electron chi connectivity index (χ1n) is 7.69. The van der Waals surface area contributed by atoms with Gasteiger partial charge >= 0.3 is 5.69 Å². The number of nitrogens with zero attached hydrogens (tertiary/aromatic N) is 1. The molecular weight excluding hydrogens is 308 g/mol. The van der Waals surface area contributed by atoms with Crippen molar-refractivity contribution in [2.45, 2.75) is 50.6 Å². The highest BCUT2D eigenvalue weighted by Crippen LogP contribution is 2.30. The van der Waals surface area contributed by atoms with Crippen molar-refractivity contribution in [3.63, 3.8) is 0 Å². The predicted molar refractivity (Wildman–Crippen MR) is 95.6 cm³/mol. The second kappa shape index (κ2) is 7.51. The van der Waals surface area contributed by atoms with Gasteiger partial charge in [-0.05, 0) is 50.5 Å². The number of aromatic amines is 1. The molecule has 5 heteroatoms. The number of benzene rings is 1. The zero-order chi connectivity index (χ0) is 17.0. The van der Waals surface area contributed by atoms with Gasteiger partial charge in [0.05, 0.1) is 5.03 Å². The molecule has 0 bridgehead atoms. The lowest BCUT2D eigenvalue weighted by molar-refractivity contribution is 0.644. The van der Waals surface area contributed by atoms with E-state index in [2.05, 4.69) is 23.2 Å². The van der Waals surface area contributed by atoms with Crippen molar-refractivity contribution in [1.29, 1.82) is 0 Å². The minimum Gasteiger partial charge on any atom is -0.284 e. The highest BCUT2D eigenvalue weighted by atomic mass is 32.2. The van der Waals surface area contributed by atoms with E-state index >= 15 is 0 Å². The Kier molecular flexibility index (Phi) is 5.66. The largest absolute Gasteiger partial charge is 0.329 e. The van der Waals surface area contributed by atoms with Gasteiger partial charge in [-0.2, -0.15) is 0 Å². The van der Waals surface area contributed by atoms with Gasteiger partial charge in [0.15, 0.2) is 0 Å². The van der Waals surface area contributed by atoms with Crippen molar-refractivity contribution in [3.05, 3.63) is 67.9 Å². The summed E-state index contributed by atoms with van der Waals surface area (Å²) in [6.07, 6.45) is 4.39. The Morgan fingerprint density at radius 3 is 2.39 bits per heavy atom. The average molecular weight is 330 g/mol. The summed E-state index contributed by atoms with van der Waals surface area (Å²) in [5, 5.41) is 0.726. The van der Waals surface area contributed by atoms with Crippen molar-refractivity contribution in [2.24, 2.45) is 0 Å². The topological polar surface area (TPSA) is 54.9 Å². The fraction of sp³-hybridized carbons (Fsp3) is 0.333. The molecule has 0 atom stereocenters. The van der Waals surface area contributed by atoms with Crippen LogP contribution in [0.5, 0.6) is 0 Å². The number of allylic oxidation sites excluding steroid dienone is 2. The summed E-state index contributed by atoms with van der Waals surface area (Å²) >= 11 is 1.48. The molecule has 1 N–H and O–H groups in total. The molecule has 0 aliphatic rings. The summed E-state index contributed by atoms with van der Waals surface area (Å²) in [7, 11) is 0. The number of hydrogen-bond donors (Lipinski definition) is 1. The summed E-state index contributed by atoms with van der Waals surface area (Å²) in [6, 6.07) is 6.25. The lowest BCUT2D eigenvalue weighted by Gasteiger charge is -2.14. The van der Waals surface area contributed by atoms with Crippen LogP contribution in [0.3, 0.4) is 0 Å². The van der Waals surface area contributed by atoms with Gasteiger partial charge in [0.2, 0.25) is 0 Å². The van der Waals surface area contributed by atoms with Crippen LogP contribution in [0.4, 0.5) is 0 Å². The van der Waals surface area contributed by atoms with Crippen LogP contribution in [0.15, 0.2) is 49.9 Å². The van der Waals surface area contributed by atoms with Gasteiger partial charge in [0.1, 0.15) is 0 Å². The number of aryl methyl sites for hydroxylation is 2. The maximum atomic E-state index is 12.2. The Hall–Kier alpha value is -2.01. The lowest BCUT2D eigenvalue weighted by Crippen LogP contribution is -2.33. The Balaban J connectivity index is 2.62. The van der Waals surface area contributed by atoms with E-state index in [-0.39, 0.29) is 11.2 Å². The summed E-state index contributed by atoms with van der Waals surface area (Å²) in [4.78, 5) is 27.8. The molecule has 1 aromatic heterocycles. The normalized spacial score (nSPS) is 11.3. The number of aromatic nitrogens is 2. The van der Waals surface area contributed by atoms with E-state index < -0.39 is 0 Å². The molecule has 2 rings (SSSR count). The summed E-state index contributed by atoms with van der Waals surface area (Å²) in [5.41, 5.74) is 2.33. The van der Waals surface area contributed by atoms with Gasteiger partial charge in [-0.3, -0.25) is 14.3 Å². The highest BCUT2D eigenvalue weighted by Gasteiger charge is 2.14. The van der Waals surface area contributed by atoms with Gasteiger partial charge in [-0.25, -0.2) is 4.79 Å². The van der Waals surface area contributed by atoms with Crippen LogP contribution in [0.1, 0.15) is 30.5 Å². The Bertz CT molecular complexity index is 827. The molecule has 0 amide bonds. The molecular formula is C18H22N2O2S. The monoisotopic (exact) mass is 330 g/mol. The highest BCUT2D eigenvalue weighted by molar-refractivity contribution is 7.99. The number of rotatable bonds is 5. The van der Waals surface area contributed by atoms with Crippen molar-refractivity contribution >= 4 is 11.8 Å². The fourth-order valence-electron chi connectivity index (χ4n) is 2.50. The maximum absolute atomic E-state index is 12.2. The predicted octanol–water partition coefficient (Wildman–Crippen LogP) is 3.44. The van der Waals surface area contributed by atoms with Crippen molar-refractivity contribution < 1.29 is 0 Å². The summed E-state index contributed by atoms with van der Waals surface area (Å²) < 4.78 is 1.63. The van der Waals surface area contributed by atoms with Crippen molar-refractivity contribution in [3.8, 4) is 0 Å². The molecule has 1 aromatic carbocycles. The average Bonchev–Trinajstić information content (AvgIpc) is 2.46. The molecule has 0 aliphatic heterocycles. The fourth-order valence-corrected chi connectivity index (χ4v) is 3.84. The van der Waals surface area contributed by atoms with E-state index in [4.69, 9.17) is 0 Å². The number of hydrogen-bond acceptors (Lipinski definition) is 3. The van der Waals surface area contributed by atoms with Crippen LogP contribution < -0.4 is 11.2 Å². The van der Waals surface area contributed by atoms with Gasteiger partial charge < -0.3 is 0 Å². The minimum atomic E-state index is -0.364. The first-order valence-corrected chi connectivity index (χ1v) is 8.51. The SMILES string of the molecule is CC=CCn1c(Sc2cc(C)cc(C)c2)c(CC)c(=O)[nH]c1=O. The number of H-pyrrole nitrogens is 1. The molecule has 0 saturated heterocycles. The molecule has 23 heavy (non-hydrogen) atoms. The van der Waals surface area contributed by atoms with Gasteiger partial charge in [0.25, 0.3) is 5.56 Å². The minimum absolute atomic E-state index is 0.291. The van der Waals surface area contributed by atoms with E-state index in [9.17, 15) is 9.59 Å².